The second-order valence-electron chi connectivity index (χ2n) is 6.32. The van der Waals surface area contributed by atoms with Crippen LogP contribution in [0.2, 0.25) is 0 Å². The van der Waals surface area contributed by atoms with Crippen LogP contribution in [0.1, 0.15) is 24.1 Å². The number of hydrogen-bond donors (Lipinski definition) is 2. The van der Waals surface area contributed by atoms with Crippen LogP contribution in [0.25, 0.3) is 10.8 Å². The maximum Gasteiger partial charge on any atom is 0.234 e. The minimum Gasteiger partial charge on any atom is -0.348 e. The van der Waals surface area contributed by atoms with Gasteiger partial charge in [-0.1, -0.05) is 42.5 Å². The summed E-state index contributed by atoms with van der Waals surface area (Å²) in [6.07, 6.45) is 3.82. The van der Waals surface area contributed by atoms with Gasteiger partial charge >= 0.3 is 0 Å². The number of nitrogens with zero attached hydrogens (tertiary/aromatic N) is 2. The van der Waals surface area contributed by atoms with Crippen molar-refractivity contribution in [1.29, 1.82) is 0 Å². The number of carbonyl (C=O) groups is 1. The molecule has 0 saturated carbocycles. The van der Waals surface area contributed by atoms with Crippen molar-refractivity contribution < 1.29 is 4.79 Å². The molecule has 0 unspecified atom stereocenters. The summed E-state index contributed by atoms with van der Waals surface area (Å²) in [4.78, 5) is 12.2. The third-order valence-electron chi connectivity index (χ3n) is 4.23. The largest absolute Gasteiger partial charge is 0.348 e. The highest BCUT2D eigenvalue weighted by molar-refractivity contribution is 5.87. The first kappa shape index (κ1) is 17.2. The van der Waals surface area contributed by atoms with Gasteiger partial charge in [-0.15, -0.1) is 0 Å². The monoisotopic (exact) mass is 336 g/mol. The van der Waals surface area contributed by atoms with Crippen LogP contribution >= 0.6 is 0 Å². The molecule has 0 saturated heterocycles. The fraction of sp³-hybridized carbons (Fsp3) is 0.300. The number of aromatic nitrogens is 2. The van der Waals surface area contributed by atoms with Gasteiger partial charge in [-0.25, -0.2) is 0 Å². The van der Waals surface area contributed by atoms with E-state index in [1.807, 2.05) is 49.1 Å². The van der Waals surface area contributed by atoms with Crippen LogP contribution in [-0.4, -0.2) is 28.8 Å². The summed E-state index contributed by atoms with van der Waals surface area (Å²) in [5, 5.41) is 12.8. The first-order valence-corrected chi connectivity index (χ1v) is 8.60. The van der Waals surface area contributed by atoms with Gasteiger partial charge in [-0.05, 0) is 35.7 Å². The first-order chi connectivity index (χ1) is 12.1. The summed E-state index contributed by atoms with van der Waals surface area (Å²) in [6, 6.07) is 14.4. The zero-order chi connectivity index (χ0) is 17.6. The van der Waals surface area contributed by atoms with Crippen LogP contribution in [-0.2, 0) is 11.3 Å². The minimum atomic E-state index is -0.0332. The Balaban J connectivity index is 1.50. The Morgan fingerprint density at radius 1 is 1.20 bits per heavy atom. The molecule has 130 valence electrons. The summed E-state index contributed by atoms with van der Waals surface area (Å²) >= 11 is 0. The lowest BCUT2D eigenvalue weighted by Crippen LogP contribution is -2.36. The zero-order valence-corrected chi connectivity index (χ0v) is 14.7. The molecule has 0 aliphatic carbocycles. The predicted octanol–water partition coefficient (Wildman–Crippen LogP) is 2.81. The average molecular weight is 336 g/mol. The topological polar surface area (TPSA) is 59.0 Å². The Morgan fingerprint density at radius 2 is 2.00 bits per heavy atom. The van der Waals surface area contributed by atoms with Gasteiger partial charge in [0.05, 0.1) is 25.3 Å². The quantitative estimate of drug-likeness (QED) is 0.652. The maximum absolute atomic E-state index is 12.2. The minimum absolute atomic E-state index is 0.00270. The van der Waals surface area contributed by atoms with E-state index in [2.05, 4.69) is 40.0 Å². The van der Waals surface area contributed by atoms with Crippen molar-refractivity contribution in [3.63, 3.8) is 0 Å². The highest BCUT2D eigenvalue weighted by Crippen LogP contribution is 2.23. The van der Waals surface area contributed by atoms with Crippen molar-refractivity contribution >= 4 is 16.7 Å². The number of rotatable bonds is 7. The SMILES string of the molecule is Cc1cnn(CCNCC(=O)N[C@@H](C)c2cccc3ccccc23)c1. The van der Waals surface area contributed by atoms with E-state index in [1.165, 1.54) is 10.8 Å². The molecular weight excluding hydrogens is 312 g/mol. The maximum atomic E-state index is 12.2. The Labute approximate surface area is 148 Å². The molecule has 1 atom stereocenters. The normalized spacial score (nSPS) is 12.2. The van der Waals surface area contributed by atoms with Crippen molar-refractivity contribution in [1.82, 2.24) is 20.4 Å². The van der Waals surface area contributed by atoms with Gasteiger partial charge in [0, 0.05) is 12.7 Å². The smallest absolute Gasteiger partial charge is 0.234 e. The van der Waals surface area contributed by atoms with Crippen molar-refractivity contribution in [2.24, 2.45) is 0 Å². The molecule has 0 aliphatic heterocycles. The molecule has 1 heterocycles. The summed E-state index contributed by atoms with van der Waals surface area (Å²) in [6.45, 7) is 5.79. The summed E-state index contributed by atoms with van der Waals surface area (Å²) in [7, 11) is 0. The predicted molar refractivity (Wildman–Crippen MR) is 100 cm³/mol. The van der Waals surface area contributed by atoms with Crippen molar-refractivity contribution in [3.8, 4) is 0 Å². The number of hydrogen-bond acceptors (Lipinski definition) is 3. The zero-order valence-electron chi connectivity index (χ0n) is 14.7. The highest BCUT2D eigenvalue weighted by atomic mass is 16.1. The molecule has 25 heavy (non-hydrogen) atoms. The van der Waals surface area contributed by atoms with Crippen LogP contribution in [0, 0.1) is 6.92 Å². The molecule has 0 fully saturated rings. The van der Waals surface area contributed by atoms with E-state index >= 15 is 0 Å². The molecule has 1 aromatic heterocycles. The molecule has 0 bridgehead atoms. The van der Waals surface area contributed by atoms with E-state index in [-0.39, 0.29) is 11.9 Å². The van der Waals surface area contributed by atoms with E-state index in [1.54, 1.807) is 0 Å². The number of benzene rings is 2. The van der Waals surface area contributed by atoms with Gasteiger partial charge in [-0.3, -0.25) is 9.48 Å². The first-order valence-electron chi connectivity index (χ1n) is 8.60. The Morgan fingerprint density at radius 3 is 2.80 bits per heavy atom. The van der Waals surface area contributed by atoms with Crippen molar-refractivity contribution in [3.05, 3.63) is 66.0 Å². The van der Waals surface area contributed by atoms with E-state index in [0.717, 1.165) is 17.7 Å². The third-order valence-corrected chi connectivity index (χ3v) is 4.23. The number of fused-ring (bicyclic) bond motifs is 1. The van der Waals surface area contributed by atoms with Gasteiger partial charge < -0.3 is 10.6 Å². The fourth-order valence-electron chi connectivity index (χ4n) is 2.98. The van der Waals surface area contributed by atoms with Crippen LogP contribution < -0.4 is 10.6 Å². The Hall–Kier alpha value is -2.66. The molecule has 2 N–H and O–H groups in total. The average Bonchev–Trinajstić information content (AvgIpc) is 3.03. The van der Waals surface area contributed by atoms with E-state index < -0.39 is 0 Å². The van der Waals surface area contributed by atoms with Gasteiger partial charge in [-0.2, -0.15) is 5.10 Å². The lowest BCUT2D eigenvalue weighted by molar-refractivity contribution is -0.120. The summed E-state index contributed by atoms with van der Waals surface area (Å²) in [5.74, 6) is -0.00270. The van der Waals surface area contributed by atoms with Crippen LogP contribution in [0.15, 0.2) is 54.9 Å². The molecule has 0 aliphatic rings. The second-order valence-corrected chi connectivity index (χ2v) is 6.32. The van der Waals surface area contributed by atoms with E-state index in [0.29, 0.717) is 13.1 Å². The van der Waals surface area contributed by atoms with E-state index in [4.69, 9.17) is 0 Å². The molecule has 0 spiro atoms. The van der Waals surface area contributed by atoms with Crippen LogP contribution in [0.4, 0.5) is 0 Å². The van der Waals surface area contributed by atoms with E-state index in [9.17, 15) is 4.79 Å². The van der Waals surface area contributed by atoms with Gasteiger partial charge in [0.2, 0.25) is 5.91 Å². The standard InChI is InChI=1S/C20H24N4O/c1-15-12-22-24(14-15)11-10-21-13-20(25)23-16(2)18-9-5-7-17-6-3-4-8-19(17)18/h3-9,12,14,16,21H,10-11,13H2,1-2H3,(H,23,25)/t16-/m0/s1. The summed E-state index contributed by atoms with van der Waals surface area (Å²) in [5.41, 5.74) is 2.28. The lowest BCUT2D eigenvalue weighted by atomic mass is 10.00. The fourth-order valence-corrected chi connectivity index (χ4v) is 2.98. The molecule has 5 heteroatoms. The van der Waals surface area contributed by atoms with Gasteiger partial charge in [0.1, 0.15) is 0 Å². The van der Waals surface area contributed by atoms with Crippen molar-refractivity contribution in [2.45, 2.75) is 26.4 Å². The highest BCUT2D eigenvalue weighted by Gasteiger charge is 2.11. The molecule has 2 aromatic carbocycles. The number of amides is 1. The molecular formula is C20H24N4O. The molecule has 1 amide bonds. The molecule has 5 nitrogen and oxygen atoms in total. The molecule has 0 radical (unpaired) electrons. The van der Waals surface area contributed by atoms with Crippen LogP contribution in [0.3, 0.4) is 0 Å². The molecule has 3 aromatic rings. The lowest BCUT2D eigenvalue weighted by Gasteiger charge is -2.17. The summed E-state index contributed by atoms with van der Waals surface area (Å²) < 4.78 is 1.87. The Bertz CT molecular complexity index is 850. The van der Waals surface area contributed by atoms with Gasteiger partial charge in [0.15, 0.2) is 0 Å². The van der Waals surface area contributed by atoms with Crippen LogP contribution in [0.5, 0.6) is 0 Å². The third kappa shape index (κ3) is 4.45. The number of carbonyl (C=O) groups excluding carboxylic acids is 1. The second kappa shape index (κ2) is 7.94. The van der Waals surface area contributed by atoms with Crippen molar-refractivity contribution in [2.75, 3.05) is 13.1 Å². The number of aryl methyl sites for hydroxylation is 1. The Kier molecular flexibility index (Phi) is 5.46. The molecule has 3 rings (SSSR count). The van der Waals surface area contributed by atoms with Gasteiger partial charge in [0.25, 0.3) is 0 Å². The number of nitrogens with one attached hydrogen (secondary N) is 2.